The average molecular weight is 495 g/mol. The summed E-state index contributed by atoms with van der Waals surface area (Å²) in [4.78, 5) is 52.7. The summed E-state index contributed by atoms with van der Waals surface area (Å²) in [7, 11) is 0. The summed E-state index contributed by atoms with van der Waals surface area (Å²) < 4.78 is 5.71. The van der Waals surface area contributed by atoms with E-state index in [9.17, 15) is 19.2 Å². The van der Waals surface area contributed by atoms with Crippen LogP contribution in [0.4, 0.5) is 5.69 Å². The molecule has 0 aliphatic carbocycles. The van der Waals surface area contributed by atoms with E-state index in [1.807, 2.05) is 0 Å². The lowest BCUT2D eigenvalue weighted by molar-refractivity contribution is -0.122. The van der Waals surface area contributed by atoms with Gasteiger partial charge in [0, 0.05) is 17.2 Å². The van der Waals surface area contributed by atoms with Gasteiger partial charge in [-0.1, -0.05) is 55.1 Å². The molecule has 0 aromatic heterocycles. The van der Waals surface area contributed by atoms with Crippen molar-refractivity contribution in [2.24, 2.45) is 0 Å². The maximum absolute atomic E-state index is 13.3. The number of allylic oxidation sites excluding steroid dienone is 10. The van der Waals surface area contributed by atoms with Gasteiger partial charge in [0.15, 0.2) is 0 Å². The zero-order chi connectivity index (χ0) is 27.5. The Morgan fingerprint density at radius 2 is 1.81 bits per heavy atom. The van der Waals surface area contributed by atoms with Gasteiger partial charge in [-0.3, -0.25) is 9.59 Å². The molecule has 1 heterocycles. The molecule has 0 saturated carbocycles. The highest BCUT2D eigenvalue weighted by Gasteiger charge is 2.30. The predicted molar refractivity (Wildman–Crippen MR) is 150 cm³/mol. The van der Waals surface area contributed by atoms with E-state index in [2.05, 4.69) is 13.2 Å². The Hall–Kier alpha value is -4.52. The van der Waals surface area contributed by atoms with Crippen LogP contribution in [0.1, 0.15) is 27.7 Å². The first-order chi connectivity index (χ1) is 17.7. The number of ether oxygens (including phenoxy) is 1. The zero-order valence-electron chi connectivity index (χ0n) is 21.6. The summed E-state index contributed by atoms with van der Waals surface area (Å²) in [6, 6.07) is 6.28. The van der Waals surface area contributed by atoms with Gasteiger partial charge < -0.3 is 14.3 Å². The van der Waals surface area contributed by atoms with Crippen molar-refractivity contribution >= 4 is 41.5 Å². The third-order valence-electron chi connectivity index (χ3n) is 5.61. The van der Waals surface area contributed by atoms with Crippen LogP contribution in [0, 0.1) is 0 Å². The third-order valence-corrected chi connectivity index (χ3v) is 5.61. The molecule has 0 fully saturated rings. The average Bonchev–Trinajstić information content (AvgIpc) is 2.95. The van der Waals surface area contributed by atoms with Gasteiger partial charge in [-0.25, -0.2) is 4.90 Å². The van der Waals surface area contributed by atoms with Gasteiger partial charge in [-0.15, -0.1) is 0 Å². The summed E-state index contributed by atoms with van der Waals surface area (Å²) >= 11 is 0. The van der Waals surface area contributed by atoms with E-state index in [1.54, 1.807) is 82.4 Å². The molecule has 0 atom stereocenters. The molecule has 1 aromatic rings. The van der Waals surface area contributed by atoms with Crippen molar-refractivity contribution in [3.63, 3.8) is 0 Å². The van der Waals surface area contributed by atoms with E-state index in [-0.39, 0.29) is 11.3 Å². The van der Waals surface area contributed by atoms with Crippen LogP contribution in [-0.2, 0) is 23.9 Å². The molecule has 7 heteroatoms. The molecular weight excluding hydrogens is 465 g/mol. The largest absolute Gasteiger partial charge is 0.458 e. The van der Waals surface area contributed by atoms with Crippen LogP contribution in [-0.4, -0.2) is 30.4 Å². The highest BCUT2D eigenvalue weighted by atomic mass is 16.5. The third kappa shape index (κ3) is 7.01. The fraction of sp³-hybridized carbons (Fsp3) is 0.133. The maximum Gasteiger partial charge on any atom is 0.335 e. The van der Waals surface area contributed by atoms with Crippen molar-refractivity contribution in [3.8, 4) is 0 Å². The Balaban J connectivity index is 2.53. The van der Waals surface area contributed by atoms with Crippen LogP contribution < -0.4 is 10.4 Å². The number of carbonyl (C=O) groups excluding carboxylic acids is 4. The first-order valence-electron chi connectivity index (χ1n) is 11.7. The molecule has 0 bridgehead atoms. The number of nitrogens with zero attached hydrogens (tertiary/aromatic N) is 1. The molecule has 188 valence electrons. The standard InChI is InChI=1S/C30H30BNO5/c1-7-12-27(21(5)8-2)29(35)31(20-33)23-13-11-14-24(19-23)32-28(34)18-17-26(37-25(9-3)10-4)16-15-22(6)30(32)36/h7-20H,2-3H2,1,4-6H3/b12-7-,18-17?,22-15+,25-10+,26-16?,27-21+. The summed E-state index contributed by atoms with van der Waals surface area (Å²) in [6.45, 7) is 13.1. The molecule has 0 spiro atoms. The van der Waals surface area contributed by atoms with Crippen molar-refractivity contribution in [1.29, 1.82) is 0 Å². The number of hydrogen-bond acceptors (Lipinski definition) is 5. The molecule has 0 unspecified atom stereocenters. The fourth-order valence-electron chi connectivity index (χ4n) is 3.51. The number of anilines is 1. The predicted octanol–water partition coefficient (Wildman–Crippen LogP) is 4.71. The topological polar surface area (TPSA) is 80.8 Å². The first kappa shape index (κ1) is 28.7. The summed E-state index contributed by atoms with van der Waals surface area (Å²) in [5.74, 6) is -0.327. The van der Waals surface area contributed by atoms with Gasteiger partial charge in [-0.2, -0.15) is 0 Å². The highest BCUT2D eigenvalue weighted by Crippen LogP contribution is 2.20. The number of imide groups is 1. The van der Waals surface area contributed by atoms with Gasteiger partial charge >= 0.3 is 6.71 Å². The number of carbonyl (C=O) groups is 4. The molecule has 1 aromatic carbocycles. The molecule has 0 saturated heterocycles. The van der Waals surface area contributed by atoms with Crippen LogP contribution in [0.25, 0.3) is 0 Å². The zero-order valence-corrected chi connectivity index (χ0v) is 21.6. The summed E-state index contributed by atoms with van der Waals surface area (Å²) in [6.07, 6.45) is 14.5. The summed E-state index contributed by atoms with van der Waals surface area (Å²) in [5.41, 5.74) is 1.45. The second-order valence-electron chi connectivity index (χ2n) is 8.10. The lowest BCUT2D eigenvalue weighted by Gasteiger charge is -2.21. The van der Waals surface area contributed by atoms with Crippen LogP contribution in [0.2, 0.25) is 0 Å². The second kappa shape index (κ2) is 13.5. The van der Waals surface area contributed by atoms with Crippen molar-refractivity contribution in [3.05, 3.63) is 120 Å². The lowest BCUT2D eigenvalue weighted by atomic mass is 9.42. The summed E-state index contributed by atoms with van der Waals surface area (Å²) in [5, 5.41) is 0. The molecule has 37 heavy (non-hydrogen) atoms. The minimum Gasteiger partial charge on any atom is -0.458 e. The lowest BCUT2D eigenvalue weighted by Crippen LogP contribution is -2.43. The van der Waals surface area contributed by atoms with Crippen LogP contribution >= 0.6 is 0 Å². The molecule has 0 radical (unpaired) electrons. The smallest absolute Gasteiger partial charge is 0.335 e. The van der Waals surface area contributed by atoms with Gasteiger partial charge in [-0.05, 0) is 69.7 Å². The van der Waals surface area contributed by atoms with Crippen LogP contribution in [0.3, 0.4) is 0 Å². The van der Waals surface area contributed by atoms with Gasteiger partial charge in [0.05, 0.1) is 11.9 Å². The molecular formula is C30H30BNO5. The maximum atomic E-state index is 13.3. The number of rotatable bonds is 10. The van der Waals surface area contributed by atoms with Crippen molar-refractivity contribution in [2.75, 3.05) is 4.90 Å². The van der Waals surface area contributed by atoms with Crippen molar-refractivity contribution < 1.29 is 23.9 Å². The number of amides is 2. The monoisotopic (exact) mass is 495 g/mol. The van der Waals surface area contributed by atoms with E-state index < -0.39 is 24.2 Å². The van der Waals surface area contributed by atoms with E-state index in [4.69, 9.17) is 4.74 Å². The van der Waals surface area contributed by atoms with E-state index in [0.717, 1.165) is 4.90 Å². The second-order valence-corrected chi connectivity index (χ2v) is 8.10. The SMILES string of the molecule is C=C/C(=C\C)OC1=C/C=C(\C)C(=O)N(c2cccc(B(C=O)C(=O)C(/C=C\C)=C(\C)C=C)c2)C(=O)C=C1. The normalized spacial score (nSPS) is 16.5. The minimum absolute atomic E-state index is 0.228. The Bertz CT molecular complexity index is 1310. The Kier molecular flexibility index (Phi) is 10.5. The quantitative estimate of drug-likeness (QED) is 0.117. The van der Waals surface area contributed by atoms with E-state index in [1.165, 1.54) is 24.3 Å². The number of hydrogen-bond donors (Lipinski definition) is 0. The highest BCUT2D eigenvalue weighted by molar-refractivity contribution is 7.17. The van der Waals surface area contributed by atoms with Crippen LogP contribution in [0.5, 0.6) is 0 Å². The van der Waals surface area contributed by atoms with Gasteiger partial charge in [0.25, 0.3) is 11.8 Å². The molecule has 2 amide bonds. The van der Waals surface area contributed by atoms with Crippen LogP contribution in [0.15, 0.2) is 120 Å². The van der Waals surface area contributed by atoms with Crippen molar-refractivity contribution in [1.82, 2.24) is 0 Å². The molecule has 1 aliphatic rings. The van der Waals surface area contributed by atoms with Crippen molar-refractivity contribution in [2.45, 2.75) is 27.7 Å². The molecule has 6 nitrogen and oxygen atoms in total. The first-order valence-corrected chi connectivity index (χ1v) is 11.7. The van der Waals surface area contributed by atoms with E-state index >= 15 is 0 Å². The van der Waals surface area contributed by atoms with E-state index in [0.29, 0.717) is 34.3 Å². The Labute approximate surface area is 218 Å². The van der Waals surface area contributed by atoms with Gasteiger partial charge in [0.2, 0.25) is 0 Å². The fourth-order valence-corrected chi connectivity index (χ4v) is 3.51. The minimum atomic E-state index is -1.13. The Morgan fingerprint density at radius 1 is 1.08 bits per heavy atom. The molecule has 0 N–H and O–H groups in total. The molecule has 2 rings (SSSR count). The Morgan fingerprint density at radius 3 is 2.41 bits per heavy atom. The van der Waals surface area contributed by atoms with Gasteiger partial charge in [0.1, 0.15) is 17.2 Å². The molecule has 1 aliphatic heterocycles. The number of benzene rings is 1.